The van der Waals surface area contributed by atoms with Crippen LogP contribution in [-0.4, -0.2) is 47.8 Å². The van der Waals surface area contributed by atoms with Crippen LogP contribution in [-0.2, 0) is 14.8 Å². The number of carboxylic acids is 1. The van der Waals surface area contributed by atoms with Crippen LogP contribution in [0.1, 0.15) is 51.1 Å². The number of carbonyl (C=O) groups excluding carboxylic acids is 2. The van der Waals surface area contributed by atoms with Crippen molar-refractivity contribution in [2.45, 2.75) is 24.2 Å². The number of carboxylic acid groups (broad SMARTS) is 1. The van der Waals surface area contributed by atoms with Gasteiger partial charge in [0.05, 0.1) is 5.56 Å². The average molecular weight is 419 g/mol. The zero-order valence-electron chi connectivity index (χ0n) is 15.0. The Balaban J connectivity index is 1.97. The lowest BCUT2D eigenvalue weighted by atomic mass is 9.83. The van der Waals surface area contributed by atoms with E-state index in [0.29, 0.717) is 0 Å². The lowest BCUT2D eigenvalue weighted by molar-refractivity contribution is -0.137. The van der Waals surface area contributed by atoms with E-state index >= 15 is 0 Å². The van der Waals surface area contributed by atoms with Crippen LogP contribution < -0.4 is 4.72 Å². The monoisotopic (exact) mass is 419 g/mol. The van der Waals surface area contributed by atoms with Crippen LogP contribution in [0.5, 0.6) is 11.5 Å². The predicted octanol–water partition coefficient (Wildman–Crippen LogP) is 1.41. The van der Waals surface area contributed by atoms with Crippen molar-refractivity contribution in [3.63, 3.8) is 0 Å². The van der Waals surface area contributed by atoms with Crippen LogP contribution in [0.2, 0.25) is 0 Å². The Morgan fingerprint density at radius 2 is 1.55 bits per heavy atom. The van der Waals surface area contributed by atoms with Gasteiger partial charge in [0, 0.05) is 29.7 Å². The van der Waals surface area contributed by atoms with E-state index in [4.69, 9.17) is 5.11 Å². The molecule has 1 aliphatic rings. The Hall–Kier alpha value is -3.24. The van der Waals surface area contributed by atoms with Gasteiger partial charge in [0.1, 0.15) is 4.90 Å². The minimum Gasteiger partial charge on any atom is -0.504 e. The second-order valence-corrected chi connectivity index (χ2v) is 8.18. The molecule has 0 spiro atoms. The number of rotatable bonds is 7. The molecule has 0 saturated carbocycles. The van der Waals surface area contributed by atoms with Crippen LogP contribution in [0, 0.1) is 0 Å². The number of ketones is 2. The van der Waals surface area contributed by atoms with E-state index in [1.54, 1.807) is 12.1 Å². The molecule has 4 N–H and O–H groups in total. The van der Waals surface area contributed by atoms with Crippen molar-refractivity contribution >= 4 is 27.6 Å². The highest BCUT2D eigenvalue weighted by Gasteiger charge is 2.36. The molecule has 0 fully saturated rings. The lowest BCUT2D eigenvalue weighted by Gasteiger charge is -2.20. The van der Waals surface area contributed by atoms with Crippen LogP contribution in [0.4, 0.5) is 0 Å². The summed E-state index contributed by atoms with van der Waals surface area (Å²) in [5.41, 5.74) is -0.659. The van der Waals surface area contributed by atoms with Gasteiger partial charge in [-0.25, -0.2) is 13.1 Å². The summed E-state index contributed by atoms with van der Waals surface area (Å²) in [5.74, 6) is -4.38. The summed E-state index contributed by atoms with van der Waals surface area (Å²) in [6.45, 7) is -0.109. The Kier molecular flexibility index (Phi) is 5.40. The van der Waals surface area contributed by atoms with Gasteiger partial charge >= 0.3 is 5.97 Å². The molecule has 0 bridgehead atoms. The van der Waals surface area contributed by atoms with E-state index in [9.17, 15) is 33.0 Å². The number of aliphatic carboxylic acids is 1. The first-order chi connectivity index (χ1) is 13.6. The van der Waals surface area contributed by atoms with Gasteiger partial charge in [-0.2, -0.15) is 0 Å². The van der Waals surface area contributed by atoms with E-state index in [2.05, 4.69) is 4.72 Å². The standard InChI is InChI=1S/C19H17NO8S/c21-14(22)7-3-4-8-20-29(27,28)13-9-12-15(19(26)18(13)25)17(24)11-6-2-1-5-10(11)16(12)23/h1-2,5-6,9,20,25-26H,3-4,7-8H2,(H,21,22). The Morgan fingerprint density at radius 3 is 2.17 bits per heavy atom. The summed E-state index contributed by atoms with van der Waals surface area (Å²) >= 11 is 0. The molecule has 0 saturated heterocycles. The van der Waals surface area contributed by atoms with Crippen LogP contribution in [0.15, 0.2) is 35.2 Å². The maximum Gasteiger partial charge on any atom is 0.303 e. The first-order valence-electron chi connectivity index (χ1n) is 8.64. The number of aromatic hydroxyl groups is 2. The van der Waals surface area contributed by atoms with Gasteiger partial charge in [-0.15, -0.1) is 0 Å². The number of unbranched alkanes of at least 4 members (excludes halogenated alkanes) is 1. The van der Waals surface area contributed by atoms with Gasteiger partial charge in [-0.1, -0.05) is 24.3 Å². The molecule has 0 heterocycles. The number of benzene rings is 2. The van der Waals surface area contributed by atoms with Crippen molar-refractivity contribution in [3.05, 3.63) is 52.6 Å². The second kappa shape index (κ2) is 7.64. The van der Waals surface area contributed by atoms with Gasteiger partial charge in [-0.05, 0) is 18.9 Å². The van der Waals surface area contributed by atoms with E-state index in [-0.39, 0.29) is 42.5 Å². The summed E-state index contributed by atoms with van der Waals surface area (Å²) in [6, 6.07) is 6.76. The van der Waals surface area contributed by atoms with Gasteiger partial charge in [0.2, 0.25) is 10.0 Å². The Bertz CT molecular complexity index is 1140. The van der Waals surface area contributed by atoms with Crippen LogP contribution >= 0.6 is 0 Å². The van der Waals surface area contributed by atoms with Gasteiger partial charge in [0.25, 0.3) is 0 Å². The first-order valence-corrected chi connectivity index (χ1v) is 10.1. The van der Waals surface area contributed by atoms with Crippen molar-refractivity contribution in [1.29, 1.82) is 0 Å². The molecule has 0 aliphatic heterocycles. The maximum absolute atomic E-state index is 12.7. The molecule has 3 rings (SSSR count). The molecule has 0 atom stereocenters. The average Bonchev–Trinajstić information content (AvgIpc) is 2.67. The fourth-order valence-electron chi connectivity index (χ4n) is 3.09. The van der Waals surface area contributed by atoms with Crippen molar-refractivity contribution in [3.8, 4) is 11.5 Å². The molecule has 0 unspecified atom stereocenters. The summed E-state index contributed by atoms with van der Waals surface area (Å²) in [4.78, 5) is 35.1. The minimum absolute atomic E-state index is 0.0480. The molecule has 0 aromatic heterocycles. The molecular weight excluding hydrogens is 402 g/mol. The van der Waals surface area contributed by atoms with Crippen LogP contribution in [0.3, 0.4) is 0 Å². The fourth-order valence-corrected chi connectivity index (χ4v) is 4.29. The summed E-state index contributed by atoms with van der Waals surface area (Å²) in [5, 5.41) is 29.1. The minimum atomic E-state index is -4.34. The molecule has 9 nitrogen and oxygen atoms in total. The highest BCUT2D eigenvalue weighted by Crippen LogP contribution is 2.42. The normalized spacial score (nSPS) is 13.1. The van der Waals surface area contributed by atoms with Crippen molar-refractivity contribution in [1.82, 2.24) is 4.72 Å². The highest BCUT2D eigenvalue weighted by atomic mass is 32.2. The Morgan fingerprint density at radius 1 is 0.931 bits per heavy atom. The van der Waals surface area contributed by atoms with E-state index in [1.165, 1.54) is 12.1 Å². The SMILES string of the molecule is O=C(O)CCCCNS(=O)(=O)c1cc2c(c(O)c1O)C(=O)c1ccccc1C2=O. The lowest BCUT2D eigenvalue weighted by Crippen LogP contribution is -2.27. The highest BCUT2D eigenvalue weighted by molar-refractivity contribution is 7.89. The third-order valence-electron chi connectivity index (χ3n) is 4.53. The van der Waals surface area contributed by atoms with E-state index < -0.39 is 49.5 Å². The van der Waals surface area contributed by atoms with Gasteiger partial charge in [-0.3, -0.25) is 14.4 Å². The molecule has 2 aromatic rings. The number of hydrogen-bond donors (Lipinski definition) is 4. The predicted molar refractivity (Wildman–Crippen MR) is 99.8 cm³/mol. The van der Waals surface area contributed by atoms with E-state index in [0.717, 1.165) is 6.07 Å². The van der Waals surface area contributed by atoms with Crippen molar-refractivity contribution < 1.29 is 38.1 Å². The summed E-state index contributed by atoms with van der Waals surface area (Å²) in [6.07, 6.45) is 0.347. The second-order valence-electron chi connectivity index (χ2n) is 6.45. The van der Waals surface area contributed by atoms with Crippen molar-refractivity contribution in [2.24, 2.45) is 0 Å². The number of sulfonamides is 1. The number of phenols is 2. The molecule has 29 heavy (non-hydrogen) atoms. The number of fused-ring (bicyclic) bond motifs is 2. The molecular formula is C19H17NO8S. The summed E-state index contributed by atoms with van der Waals surface area (Å²) in [7, 11) is -4.34. The molecule has 152 valence electrons. The zero-order chi connectivity index (χ0) is 21.3. The third-order valence-corrected chi connectivity index (χ3v) is 6.00. The topological polar surface area (TPSA) is 158 Å². The molecule has 10 heteroatoms. The number of carbonyl (C=O) groups is 3. The quantitative estimate of drug-likeness (QED) is 0.330. The summed E-state index contributed by atoms with van der Waals surface area (Å²) < 4.78 is 27.2. The number of nitrogens with one attached hydrogen (secondary N) is 1. The largest absolute Gasteiger partial charge is 0.504 e. The smallest absolute Gasteiger partial charge is 0.303 e. The van der Waals surface area contributed by atoms with Crippen LogP contribution in [0.25, 0.3) is 0 Å². The van der Waals surface area contributed by atoms with Crippen molar-refractivity contribution in [2.75, 3.05) is 6.54 Å². The van der Waals surface area contributed by atoms with Gasteiger partial charge < -0.3 is 15.3 Å². The number of hydrogen-bond acceptors (Lipinski definition) is 7. The molecule has 1 aliphatic carbocycles. The third kappa shape index (κ3) is 3.71. The fraction of sp³-hybridized carbons (Fsp3) is 0.211. The molecule has 2 aromatic carbocycles. The van der Waals surface area contributed by atoms with Gasteiger partial charge in [0.15, 0.2) is 23.1 Å². The molecule has 0 radical (unpaired) electrons. The number of phenolic OH excluding ortho intramolecular Hbond substituents is 2. The van der Waals surface area contributed by atoms with E-state index in [1.807, 2.05) is 0 Å². The molecule has 0 amide bonds. The maximum atomic E-state index is 12.7. The Labute approximate surface area is 165 Å². The first kappa shape index (κ1) is 20.5. The zero-order valence-corrected chi connectivity index (χ0v) is 15.8.